The average Bonchev–Trinajstić information content (AvgIpc) is 2.59. The molecule has 5 heteroatoms. The summed E-state index contributed by atoms with van der Waals surface area (Å²) in [6.45, 7) is 7.01. The first kappa shape index (κ1) is 19.2. The summed E-state index contributed by atoms with van der Waals surface area (Å²) in [4.78, 5) is 2.41. The fraction of sp³-hybridized carbons (Fsp3) is 0.684. The number of rotatable bonds is 8. The number of ether oxygens (including phenoxy) is 3. The molecule has 0 bridgehead atoms. The standard InChI is InChI=1S/C19H31NO4/c1-18(2,21)19(23-4,16-8-10-17(22-3)11-9-16)24-15-14-20-12-6-5-7-13-20/h8-11,21H,5-7,12-15H2,1-4H3. The first-order valence-electron chi connectivity index (χ1n) is 8.71. The Kier molecular flexibility index (Phi) is 6.63. The van der Waals surface area contributed by atoms with Crippen molar-refractivity contribution < 1.29 is 19.3 Å². The topological polar surface area (TPSA) is 51.2 Å². The molecule has 136 valence electrons. The minimum Gasteiger partial charge on any atom is -0.497 e. The lowest BCUT2D eigenvalue weighted by Crippen LogP contribution is -2.52. The number of hydrogen-bond acceptors (Lipinski definition) is 5. The molecular weight excluding hydrogens is 306 g/mol. The molecule has 0 saturated carbocycles. The number of piperidine rings is 1. The molecule has 1 aliphatic rings. The Hall–Kier alpha value is -1.14. The van der Waals surface area contributed by atoms with Gasteiger partial charge in [0.1, 0.15) is 11.4 Å². The molecule has 1 heterocycles. The smallest absolute Gasteiger partial charge is 0.223 e. The van der Waals surface area contributed by atoms with Gasteiger partial charge in [-0.05, 0) is 64.0 Å². The molecule has 1 aliphatic heterocycles. The molecule has 0 radical (unpaired) electrons. The summed E-state index contributed by atoms with van der Waals surface area (Å²) in [5.74, 6) is -0.456. The van der Waals surface area contributed by atoms with E-state index >= 15 is 0 Å². The van der Waals surface area contributed by atoms with Gasteiger partial charge < -0.3 is 24.2 Å². The highest BCUT2D eigenvalue weighted by atomic mass is 16.7. The molecule has 2 rings (SSSR count). The van der Waals surface area contributed by atoms with Crippen LogP contribution in [0, 0.1) is 0 Å². The SMILES string of the molecule is COc1ccc(C(OC)(OCCN2CCCCC2)C(C)(C)O)cc1. The van der Waals surface area contributed by atoms with E-state index in [-0.39, 0.29) is 0 Å². The van der Waals surface area contributed by atoms with Crippen LogP contribution in [-0.4, -0.2) is 56.1 Å². The fourth-order valence-corrected chi connectivity index (χ4v) is 3.35. The third kappa shape index (κ3) is 4.28. The van der Waals surface area contributed by atoms with Crippen LogP contribution in [0.2, 0.25) is 0 Å². The van der Waals surface area contributed by atoms with Crippen LogP contribution in [0.1, 0.15) is 38.7 Å². The summed E-state index contributed by atoms with van der Waals surface area (Å²) in [7, 11) is 3.20. The van der Waals surface area contributed by atoms with E-state index in [1.54, 1.807) is 28.1 Å². The quantitative estimate of drug-likeness (QED) is 0.739. The average molecular weight is 337 g/mol. The summed E-state index contributed by atoms with van der Waals surface area (Å²) in [6.07, 6.45) is 3.81. The molecule has 0 spiro atoms. The Morgan fingerprint density at radius 3 is 2.17 bits per heavy atom. The van der Waals surface area contributed by atoms with Gasteiger partial charge in [-0.2, -0.15) is 0 Å². The Morgan fingerprint density at radius 1 is 1.04 bits per heavy atom. The largest absolute Gasteiger partial charge is 0.497 e. The zero-order valence-electron chi connectivity index (χ0n) is 15.4. The molecule has 0 amide bonds. The van der Waals surface area contributed by atoms with Crippen LogP contribution in [0.25, 0.3) is 0 Å². The van der Waals surface area contributed by atoms with E-state index < -0.39 is 11.4 Å². The Labute approximate surface area is 145 Å². The van der Waals surface area contributed by atoms with E-state index in [4.69, 9.17) is 14.2 Å². The van der Waals surface area contributed by atoms with Gasteiger partial charge in [0.25, 0.3) is 0 Å². The van der Waals surface area contributed by atoms with Crippen molar-refractivity contribution in [3.05, 3.63) is 29.8 Å². The molecule has 1 saturated heterocycles. The number of aliphatic hydroxyl groups is 1. The first-order valence-corrected chi connectivity index (χ1v) is 8.71. The molecule has 1 aromatic rings. The zero-order valence-corrected chi connectivity index (χ0v) is 15.4. The molecule has 5 nitrogen and oxygen atoms in total. The number of benzene rings is 1. The van der Waals surface area contributed by atoms with Gasteiger partial charge >= 0.3 is 0 Å². The van der Waals surface area contributed by atoms with Crippen LogP contribution in [0.15, 0.2) is 24.3 Å². The van der Waals surface area contributed by atoms with Gasteiger partial charge in [-0.15, -0.1) is 0 Å². The molecule has 0 aromatic heterocycles. The van der Waals surface area contributed by atoms with E-state index in [0.29, 0.717) is 6.61 Å². The zero-order chi connectivity index (χ0) is 17.6. The van der Waals surface area contributed by atoms with E-state index in [1.807, 2.05) is 24.3 Å². The summed E-state index contributed by atoms with van der Waals surface area (Å²) >= 11 is 0. The normalized spacial score (nSPS) is 19.0. The van der Waals surface area contributed by atoms with Crippen molar-refractivity contribution in [3.8, 4) is 5.75 Å². The molecule has 24 heavy (non-hydrogen) atoms. The summed E-state index contributed by atoms with van der Waals surface area (Å²) < 4.78 is 17.1. The van der Waals surface area contributed by atoms with Gasteiger partial charge in [-0.25, -0.2) is 0 Å². The maximum Gasteiger partial charge on any atom is 0.223 e. The number of methoxy groups -OCH3 is 2. The minimum absolute atomic E-state index is 0.504. The van der Waals surface area contributed by atoms with E-state index in [2.05, 4.69) is 4.90 Å². The maximum atomic E-state index is 10.7. The number of nitrogens with zero attached hydrogens (tertiary/aromatic N) is 1. The van der Waals surface area contributed by atoms with Crippen molar-refractivity contribution in [2.45, 2.75) is 44.5 Å². The maximum absolute atomic E-state index is 10.7. The third-order valence-electron chi connectivity index (χ3n) is 4.72. The molecule has 0 aliphatic carbocycles. The minimum atomic E-state index is -1.21. The van der Waals surface area contributed by atoms with Gasteiger partial charge in [-0.1, -0.05) is 6.42 Å². The van der Waals surface area contributed by atoms with Crippen molar-refractivity contribution in [2.24, 2.45) is 0 Å². The van der Waals surface area contributed by atoms with Gasteiger partial charge in [-0.3, -0.25) is 0 Å². The molecule has 1 N–H and O–H groups in total. The molecular formula is C19H31NO4. The molecule has 1 fully saturated rings. The molecule has 1 aromatic carbocycles. The highest BCUT2D eigenvalue weighted by Crippen LogP contribution is 2.38. The van der Waals surface area contributed by atoms with Crippen LogP contribution in [0.3, 0.4) is 0 Å². The Bertz CT molecular complexity index is 491. The Morgan fingerprint density at radius 2 is 1.67 bits per heavy atom. The van der Waals surface area contributed by atoms with Crippen molar-refractivity contribution in [3.63, 3.8) is 0 Å². The van der Waals surface area contributed by atoms with Crippen LogP contribution in [-0.2, 0) is 15.3 Å². The lowest BCUT2D eigenvalue weighted by atomic mass is 9.90. The van der Waals surface area contributed by atoms with Crippen LogP contribution < -0.4 is 4.74 Å². The third-order valence-corrected chi connectivity index (χ3v) is 4.72. The fourth-order valence-electron chi connectivity index (χ4n) is 3.35. The van der Waals surface area contributed by atoms with Gasteiger partial charge in [0.15, 0.2) is 0 Å². The Balaban J connectivity index is 2.13. The second kappa shape index (κ2) is 8.30. The summed E-state index contributed by atoms with van der Waals surface area (Å²) in [5, 5.41) is 10.7. The van der Waals surface area contributed by atoms with Crippen molar-refractivity contribution in [1.29, 1.82) is 0 Å². The monoisotopic (exact) mass is 337 g/mol. The predicted molar refractivity (Wildman–Crippen MR) is 94.2 cm³/mol. The van der Waals surface area contributed by atoms with Crippen molar-refractivity contribution in [1.82, 2.24) is 4.90 Å². The van der Waals surface area contributed by atoms with E-state index in [9.17, 15) is 5.11 Å². The number of likely N-dealkylation sites (tertiary alicyclic amines) is 1. The summed E-state index contributed by atoms with van der Waals surface area (Å²) in [6, 6.07) is 7.45. The molecule has 1 atom stereocenters. The highest BCUT2D eigenvalue weighted by molar-refractivity contribution is 5.31. The predicted octanol–water partition coefficient (Wildman–Crippen LogP) is 2.77. The second-order valence-corrected chi connectivity index (χ2v) is 6.86. The first-order chi connectivity index (χ1) is 11.4. The lowest BCUT2D eigenvalue weighted by Gasteiger charge is -2.42. The van der Waals surface area contributed by atoms with Gasteiger partial charge in [0.2, 0.25) is 5.79 Å². The van der Waals surface area contributed by atoms with Crippen LogP contribution >= 0.6 is 0 Å². The van der Waals surface area contributed by atoms with Gasteiger partial charge in [0.05, 0.1) is 13.7 Å². The van der Waals surface area contributed by atoms with Crippen LogP contribution in [0.4, 0.5) is 0 Å². The number of hydrogen-bond donors (Lipinski definition) is 1. The van der Waals surface area contributed by atoms with Crippen LogP contribution in [0.5, 0.6) is 5.75 Å². The van der Waals surface area contributed by atoms with Crippen molar-refractivity contribution in [2.75, 3.05) is 40.5 Å². The lowest BCUT2D eigenvalue weighted by molar-refractivity contribution is -0.313. The highest BCUT2D eigenvalue weighted by Gasteiger charge is 2.47. The van der Waals surface area contributed by atoms with E-state index in [0.717, 1.165) is 30.9 Å². The van der Waals surface area contributed by atoms with Gasteiger partial charge in [0, 0.05) is 19.2 Å². The van der Waals surface area contributed by atoms with E-state index in [1.165, 1.54) is 19.3 Å². The molecule has 1 unspecified atom stereocenters. The summed E-state index contributed by atoms with van der Waals surface area (Å²) in [5.41, 5.74) is -0.421. The van der Waals surface area contributed by atoms with Crippen molar-refractivity contribution >= 4 is 0 Å². The second-order valence-electron chi connectivity index (χ2n) is 6.86.